The fraction of sp³-hybridized carbons (Fsp3) is 0.438. The van der Waals surface area contributed by atoms with Gasteiger partial charge in [-0.3, -0.25) is 19.7 Å². The summed E-state index contributed by atoms with van der Waals surface area (Å²) in [5, 5.41) is 21.4. The van der Waals surface area contributed by atoms with E-state index in [9.17, 15) is 24.8 Å². The Kier molecular flexibility index (Phi) is 7.64. The molecule has 0 bridgehead atoms. The lowest BCUT2D eigenvalue weighted by molar-refractivity contribution is -0.384. The molecule has 5 rings (SSSR count). The Labute approximate surface area is 234 Å². The van der Waals surface area contributed by atoms with E-state index in [1.54, 1.807) is 6.07 Å². The molecule has 3 aliphatic rings. The summed E-state index contributed by atoms with van der Waals surface area (Å²) >= 11 is 0. The van der Waals surface area contributed by atoms with Crippen LogP contribution in [-0.2, 0) is 14.3 Å². The van der Waals surface area contributed by atoms with Crippen molar-refractivity contribution in [3.63, 3.8) is 0 Å². The highest BCUT2D eigenvalue weighted by Crippen LogP contribution is 2.50. The van der Waals surface area contributed by atoms with Gasteiger partial charge in [0.1, 0.15) is 5.75 Å². The predicted octanol–water partition coefficient (Wildman–Crippen LogP) is 6.42. The van der Waals surface area contributed by atoms with Crippen LogP contribution < -0.4 is 4.90 Å². The second-order valence-corrected chi connectivity index (χ2v) is 11.4. The lowest BCUT2D eigenvalue weighted by Crippen LogP contribution is -2.34. The summed E-state index contributed by atoms with van der Waals surface area (Å²) in [5.41, 5.74) is 6.47. The number of carbonyl (C=O) groups excluding carboxylic acids is 2. The lowest BCUT2D eigenvalue weighted by Gasteiger charge is -2.30. The van der Waals surface area contributed by atoms with Crippen LogP contribution in [0.2, 0.25) is 0 Å². The fourth-order valence-electron chi connectivity index (χ4n) is 6.84. The number of hydrogen-bond donors (Lipinski definition) is 1. The first kappa shape index (κ1) is 27.8. The standard InChI is InChI=1S/C32H36N2O6/c1-5-7-21(15-22-12-19(3)30(35)20(4)13-22)10-11-27-28-18(2)14-25-29(26(28)17-40-27)32(37)33(31(25)36)23-8-6-9-24(16-23)34(38)39/h6,8-9,12-13,15-16,25-27,29,35H,5,7,10-11,14,17H2,1-4H3/b21-15+/t25-,26+,27-,29-/m1/s1. The summed E-state index contributed by atoms with van der Waals surface area (Å²) in [6.07, 6.45) is 6.22. The van der Waals surface area contributed by atoms with Gasteiger partial charge in [0, 0.05) is 18.1 Å². The zero-order valence-corrected chi connectivity index (χ0v) is 23.5. The van der Waals surface area contributed by atoms with Gasteiger partial charge in [-0.25, -0.2) is 4.90 Å². The summed E-state index contributed by atoms with van der Waals surface area (Å²) in [7, 11) is 0. The lowest BCUT2D eigenvalue weighted by atomic mass is 9.70. The number of benzene rings is 2. The maximum absolute atomic E-state index is 13.7. The van der Waals surface area contributed by atoms with Crippen molar-refractivity contribution in [1.82, 2.24) is 0 Å². The van der Waals surface area contributed by atoms with E-state index in [-0.39, 0.29) is 35.2 Å². The molecule has 0 radical (unpaired) electrons. The van der Waals surface area contributed by atoms with Crippen molar-refractivity contribution in [2.75, 3.05) is 11.5 Å². The molecule has 2 aromatic carbocycles. The smallest absolute Gasteiger partial charge is 0.271 e. The Balaban J connectivity index is 1.35. The number of carbonyl (C=O) groups is 2. The molecule has 0 unspecified atom stereocenters. The molecule has 1 N–H and O–H groups in total. The first-order valence-corrected chi connectivity index (χ1v) is 14.0. The topological polar surface area (TPSA) is 110 Å². The van der Waals surface area contributed by atoms with E-state index in [1.807, 2.05) is 32.9 Å². The SMILES string of the molecule is CCC/C(=C\c1cc(C)c(O)c(C)c1)CC[C@H]1OC[C@H]2C1=C(C)C[C@H]1C(=O)N(c3cccc([N+](=O)[O-])c3)C(=O)[C@H]12. The predicted molar refractivity (Wildman–Crippen MR) is 153 cm³/mol. The van der Waals surface area contributed by atoms with Crippen LogP contribution in [-0.4, -0.2) is 34.6 Å². The summed E-state index contributed by atoms with van der Waals surface area (Å²) in [4.78, 5) is 39.0. The number of anilines is 1. The number of ether oxygens (including phenoxy) is 1. The zero-order valence-electron chi connectivity index (χ0n) is 23.5. The van der Waals surface area contributed by atoms with E-state index in [0.29, 0.717) is 18.8 Å². The maximum Gasteiger partial charge on any atom is 0.271 e. The molecule has 8 nitrogen and oxygen atoms in total. The Morgan fingerprint density at radius 2 is 1.82 bits per heavy atom. The number of hydrogen-bond acceptors (Lipinski definition) is 6. The molecule has 2 fully saturated rings. The van der Waals surface area contributed by atoms with Crippen LogP contribution in [0.1, 0.15) is 62.6 Å². The monoisotopic (exact) mass is 544 g/mol. The number of phenols is 1. The quantitative estimate of drug-likeness (QED) is 0.178. The molecule has 0 aromatic heterocycles. The van der Waals surface area contributed by atoms with Crippen molar-refractivity contribution >= 4 is 29.3 Å². The van der Waals surface area contributed by atoms with Gasteiger partial charge in [-0.2, -0.15) is 0 Å². The Morgan fingerprint density at radius 1 is 1.10 bits per heavy atom. The molecule has 8 heteroatoms. The maximum atomic E-state index is 13.7. The molecular weight excluding hydrogens is 508 g/mol. The normalized spacial score (nSPS) is 24.5. The minimum absolute atomic E-state index is 0.107. The van der Waals surface area contributed by atoms with E-state index >= 15 is 0 Å². The van der Waals surface area contributed by atoms with Crippen LogP contribution in [0, 0.1) is 41.7 Å². The molecule has 2 heterocycles. The Morgan fingerprint density at radius 3 is 2.50 bits per heavy atom. The molecule has 210 valence electrons. The van der Waals surface area contributed by atoms with Crippen molar-refractivity contribution in [3.8, 4) is 5.75 Å². The van der Waals surface area contributed by atoms with Gasteiger partial charge < -0.3 is 9.84 Å². The minimum atomic E-state index is -0.522. The van der Waals surface area contributed by atoms with E-state index < -0.39 is 16.8 Å². The molecule has 2 saturated heterocycles. The van der Waals surface area contributed by atoms with Crippen LogP contribution >= 0.6 is 0 Å². The van der Waals surface area contributed by atoms with Crippen LogP contribution in [0.3, 0.4) is 0 Å². The van der Waals surface area contributed by atoms with Gasteiger partial charge in [0.25, 0.3) is 5.69 Å². The highest BCUT2D eigenvalue weighted by molar-refractivity contribution is 6.22. The molecule has 40 heavy (non-hydrogen) atoms. The van der Waals surface area contributed by atoms with Gasteiger partial charge in [0.15, 0.2) is 0 Å². The van der Waals surface area contributed by atoms with Gasteiger partial charge in [0.2, 0.25) is 11.8 Å². The number of phenolic OH excluding ortho intramolecular Hbond substituents is 1. The number of amides is 2. The average molecular weight is 545 g/mol. The molecule has 2 aromatic rings. The molecular formula is C32H36N2O6. The zero-order chi connectivity index (χ0) is 28.7. The number of rotatable bonds is 8. The number of aryl methyl sites for hydroxylation is 2. The van der Waals surface area contributed by atoms with Gasteiger partial charge in [-0.15, -0.1) is 0 Å². The minimum Gasteiger partial charge on any atom is -0.507 e. The summed E-state index contributed by atoms with van der Waals surface area (Å²) < 4.78 is 6.30. The number of nitro benzene ring substituents is 1. The average Bonchev–Trinajstić information content (AvgIpc) is 3.44. The van der Waals surface area contributed by atoms with Crippen molar-refractivity contribution in [1.29, 1.82) is 0 Å². The second-order valence-electron chi connectivity index (χ2n) is 11.4. The molecule has 0 saturated carbocycles. The van der Waals surface area contributed by atoms with Crippen LogP contribution in [0.25, 0.3) is 6.08 Å². The molecule has 4 atom stereocenters. The van der Waals surface area contributed by atoms with E-state index in [1.165, 1.54) is 23.8 Å². The second kappa shape index (κ2) is 11.0. The van der Waals surface area contributed by atoms with E-state index in [2.05, 4.69) is 13.0 Å². The number of imide groups is 1. The molecule has 2 aliphatic heterocycles. The first-order valence-electron chi connectivity index (χ1n) is 14.0. The number of nitro groups is 1. The van der Waals surface area contributed by atoms with Gasteiger partial charge >= 0.3 is 0 Å². The van der Waals surface area contributed by atoms with E-state index in [0.717, 1.165) is 58.4 Å². The summed E-state index contributed by atoms with van der Waals surface area (Å²) in [5.74, 6) is -1.39. The van der Waals surface area contributed by atoms with Crippen molar-refractivity contribution in [3.05, 3.63) is 79.9 Å². The van der Waals surface area contributed by atoms with Gasteiger partial charge in [0.05, 0.1) is 35.2 Å². The number of allylic oxidation sites excluding steroid dienone is 2. The number of non-ortho nitro benzene ring substituents is 1. The molecule has 2 amide bonds. The summed E-state index contributed by atoms with van der Waals surface area (Å²) in [6.45, 7) is 8.41. The largest absolute Gasteiger partial charge is 0.507 e. The Hall–Kier alpha value is -3.78. The highest BCUT2D eigenvalue weighted by atomic mass is 16.6. The van der Waals surface area contributed by atoms with Crippen molar-refractivity contribution < 1.29 is 24.4 Å². The van der Waals surface area contributed by atoms with Crippen molar-refractivity contribution in [2.24, 2.45) is 17.8 Å². The number of fused-ring (bicyclic) bond motifs is 3. The molecule has 1 aliphatic carbocycles. The first-order chi connectivity index (χ1) is 19.1. The number of aromatic hydroxyl groups is 1. The fourth-order valence-corrected chi connectivity index (χ4v) is 6.84. The third kappa shape index (κ3) is 4.96. The van der Waals surface area contributed by atoms with Crippen LogP contribution in [0.4, 0.5) is 11.4 Å². The van der Waals surface area contributed by atoms with Gasteiger partial charge in [-0.05, 0) is 86.9 Å². The molecule has 0 spiro atoms. The van der Waals surface area contributed by atoms with Crippen molar-refractivity contribution in [2.45, 2.75) is 65.9 Å². The van der Waals surface area contributed by atoms with Gasteiger partial charge in [-0.1, -0.05) is 36.6 Å². The third-order valence-corrected chi connectivity index (χ3v) is 8.63. The highest BCUT2D eigenvalue weighted by Gasteiger charge is 2.57. The van der Waals surface area contributed by atoms with Crippen LogP contribution in [0.5, 0.6) is 5.75 Å². The third-order valence-electron chi connectivity index (χ3n) is 8.63. The number of nitrogens with zero attached hydrogens (tertiary/aromatic N) is 2. The Bertz CT molecular complexity index is 1420. The summed E-state index contributed by atoms with van der Waals surface area (Å²) in [6, 6.07) is 9.73. The van der Waals surface area contributed by atoms with Crippen LogP contribution in [0.15, 0.2) is 53.1 Å². The van der Waals surface area contributed by atoms with E-state index in [4.69, 9.17) is 4.74 Å².